The number of nitrogens with one attached hydrogen (secondary N) is 1. The minimum absolute atomic E-state index is 0.126. The SMILES string of the molecule is Oc1ccc(Cl)cc1N1C(=S)NC(c2ccccn2)C1c1cc(Br)cs1. The van der Waals surface area contributed by atoms with Crippen molar-refractivity contribution in [3.05, 3.63) is 74.1 Å². The Morgan fingerprint density at radius 1 is 1.27 bits per heavy atom. The standard InChI is InChI=1S/C18H13BrClN3OS2/c19-10-7-15(26-9-10)17-16(12-3-1-2-6-21-12)22-18(25)23(17)13-8-11(20)4-5-14(13)24/h1-9,16-17,24H,(H,22,25). The zero-order valence-electron chi connectivity index (χ0n) is 13.3. The van der Waals surface area contributed by atoms with Crippen LogP contribution in [0.5, 0.6) is 5.75 Å². The lowest BCUT2D eigenvalue weighted by atomic mass is 10.0. The summed E-state index contributed by atoms with van der Waals surface area (Å²) >= 11 is 16.9. The number of hydrogen-bond donors (Lipinski definition) is 2. The van der Waals surface area contributed by atoms with Crippen LogP contribution in [0.1, 0.15) is 22.7 Å². The number of benzene rings is 1. The first-order valence-corrected chi connectivity index (χ1v) is 10.2. The molecule has 2 unspecified atom stereocenters. The normalized spacial score (nSPS) is 19.6. The van der Waals surface area contributed by atoms with Crippen molar-refractivity contribution in [1.82, 2.24) is 10.3 Å². The van der Waals surface area contributed by atoms with E-state index in [1.807, 2.05) is 28.5 Å². The highest BCUT2D eigenvalue weighted by molar-refractivity contribution is 9.10. The van der Waals surface area contributed by atoms with Gasteiger partial charge in [-0.1, -0.05) is 17.7 Å². The van der Waals surface area contributed by atoms with Gasteiger partial charge < -0.3 is 15.3 Å². The third-order valence-corrected chi connectivity index (χ3v) is 6.49. The fourth-order valence-electron chi connectivity index (χ4n) is 3.08. The molecule has 1 saturated heterocycles. The van der Waals surface area contributed by atoms with Gasteiger partial charge in [-0.3, -0.25) is 4.98 Å². The number of rotatable bonds is 3. The molecule has 0 spiro atoms. The smallest absolute Gasteiger partial charge is 0.174 e. The van der Waals surface area contributed by atoms with Gasteiger partial charge in [-0.15, -0.1) is 11.3 Å². The van der Waals surface area contributed by atoms with E-state index in [-0.39, 0.29) is 17.8 Å². The van der Waals surface area contributed by atoms with E-state index in [1.165, 1.54) is 0 Å². The second-order valence-electron chi connectivity index (χ2n) is 5.80. The zero-order valence-corrected chi connectivity index (χ0v) is 17.2. The summed E-state index contributed by atoms with van der Waals surface area (Å²) in [6, 6.07) is 12.5. The van der Waals surface area contributed by atoms with E-state index in [0.717, 1.165) is 15.0 Å². The molecule has 2 N–H and O–H groups in total. The first kappa shape index (κ1) is 17.7. The largest absolute Gasteiger partial charge is 0.506 e. The van der Waals surface area contributed by atoms with E-state index in [2.05, 4.69) is 32.3 Å². The average molecular weight is 467 g/mol. The van der Waals surface area contributed by atoms with Gasteiger partial charge in [0.1, 0.15) is 5.75 Å². The highest BCUT2D eigenvalue weighted by Crippen LogP contribution is 2.46. The van der Waals surface area contributed by atoms with Gasteiger partial charge >= 0.3 is 0 Å². The Balaban J connectivity index is 1.86. The first-order chi connectivity index (χ1) is 12.5. The van der Waals surface area contributed by atoms with E-state index >= 15 is 0 Å². The Labute approximate surface area is 173 Å². The van der Waals surface area contributed by atoms with Crippen molar-refractivity contribution in [3.8, 4) is 5.75 Å². The maximum atomic E-state index is 10.4. The Hall–Kier alpha value is -1.67. The highest BCUT2D eigenvalue weighted by Gasteiger charge is 2.42. The number of thiocarbonyl (C=S) groups is 1. The molecule has 1 fully saturated rings. The third kappa shape index (κ3) is 3.20. The van der Waals surface area contributed by atoms with Crippen LogP contribution in [0.4, 0.5) is 5.69 Å². The molecule has 3 heterocycles. The van der Waals surface area contributed by atoms with E-state index in [4.69, 9.17) is 23.8 Å². The number of nitrogens with zero attached hydrogens (tertiary/aromatic N) is 2. The fraction of sp³-hybridized carbons (Fsp3) is 0.111. The van der Waals surface area contributed by atoms with Gasteiger partial charge in [-0.05, 0) is 64.5 Å². The molecule has 2 atom stereocenters. The van der Waals surface area contributed by atoms with Crippen molar-refractivity contribution in [3.63, 3.8) is 0 Å². The van der Waals surface area contributed by atoms with Crippen LogP contribution in [0, 0.1) is 0 Å². The van der Waals surface area contributed by atoms with Crippen LogP contribution in [0.25, 0.3) is 0 Å². The molecule has 0 bridgehead atoms. The van der Waals surface area contributed by atoms with Gasteiger partial charge in [0.2, 0.25) is 0 Å². The maximum absolute atomic E-state index is 10.4. The molecule has 4 rings (SSSR count). The van der Waals surface area contributed by atoms with Crippen molar-refractivity contribution in [2.45, 2.75) is 12.1 Å². The lowest BCUT2D eigenvalue weighted by Crippen LogP contribution is -2.29. The second-order valence-corrected chi connectivity index (χ2v) is 8.48. The van der Waals surface area contributed by atoms with E-state index in [9.17, 15) is 5.11 Å². The minimum atomic E-state index is -0.155. The van der Waals surface area contributed by atoms with Gasteiger partial charge in [-0.25, -0.2) is 0 Å². The van der Waals surface area contributed by atoms with Gasteiger partial charge in [-0.2, -0.15) is 0 Å². The van der Waals surface area contributed by atoms with Gasteiger partial charge in [0.25, 0.3) is 0 Å². The molecule has 0 aliphatic carbocycles. The molecular weight excluding hydrogens is 454 g/mol. The van der Waals surface area contributed by atoms with E-state index in [1.54, 1.807) is 35.7 Å². The molecule has 1 aromatic carbocycles. The number of pyridine rings is 1. The van der Waals surface area contributed by atoms with Crippen LogP contribution >= 0.6 is 51.1 Å². The van der Waals surface area contributed by atoms with Gasteiger partial charge in [0.05, 0.1) is 23.5 Å². The zero-order chi connectivity index (χ0) is 18.3. The summed E-state index contributed by atoms with van der Waals surface area (Å²) in [5, 5.41) is 16.9. The van der Waals surface area contributed by atoms with E-state index < -0.39 is 0 Å². The molecular formula is C18H13BrClN3OS2. The predicted octanol–water partition coefficient (Wildman–Crippen LogP) is 5.44. The molecule has 8 heteroatoms. The summed E-state index contributed by atoms with van der Waals surface area (Å²) < 4.78 is 1.00. The van der Waals surface area contributed by atoms with Crippen molar-refractivity contribution >= 4 is 61.9 Å². The number of aromatic hydroxyl groups is 1. The second kappa shape index (κ2) is 7.15. The van der Waals surface area contributed by atoms with Crippen molar-refractivity contribution in [1.29, 1.82) is 0 Å². The predicted molar refractivity (Wildman–Crippen MR) is 113 cm³/mol. The molecule has 1 aliphatic rings. The Kier molecular flexibility index (Phi) is 4.88. The third-order valence-electron chi connectivity index (χ3n) is 4.17. The Morgan fingerprint density at radius 2 is 2.12 bits per heavy atom. The number of thiophene rings is 1. The van der Waals surface area contributed by atoms with Crippen molar-refractivity contribution < 1.29 is 5.11 Å². The van der Waals surface area contributed by atoms with E-state index in [0.29, 0.717) is 15.8 Å². The minimum Gasteiger partial charge on any atom is -0.506 e. The lowest BCUT2D eigenvalue weighted by molar-refractivity contribution is 0.473. The number of halogens is 2. The van der Waals surface area contributed by atoms with Crippen LogP contribution in [-0.4, -0.2) is 15.2 Å². The van der Waals surface area contributed by atoms with Crippen LogP contribution in [0.3, 0.4) is 0 Å². The Bertz CT molecular complexity index is 966. The number of aromatic nitrogens is 1. The van der Waals surface area contributed by atoms with Crippen LogP contribution < -0.4 is 10.2 Å². The molecule has 0 radical (unpaired) electrons. The van der Waals surface area contributed by atoms with Crippen molar-refractivity contribution in [2.75, 3.05) is 4.90 Å². The summed E-state index contributed by atoms with van der Waals surface area (Å²) in [7, 11) is 0. The molecule has 26 heavy (non-hydrogen) atoms. The average Bonchev–Trinajstić information content (AvgIpc) is 3.21. The molecule has 132 valence electrons. The molecule has 2 aromatic heterocycles. The molecule has 3 aromatic rings. The van der Waals surface area contributed by atoms with Crippen LogP contribution in [-0.2, 0) is 0 Å². The summed E-state index contributed by atoms with van der Waals surface area (Å²) in [4.78, 5) is 7.51. The summed E-state index contributed by atoms with van der Waals surface area (Å²) in [5.74, 6) is 0.126. The fourth-order valence-corrected chi connectivity index (χ4v) is 5.15. The number of phenolic OH excluding ortho intramolecular Hbond substituents is 1. The summed E-state index contributed by atoms with van der Waals surface area (Å²) in [6.07, 6.45) is 1.76. The number of hydrogen-bond acceptors (Lipinski definition) is 4. The molecule has 0 saturated carbocycles. The van der Waals surface area contributed by atoms with Crippen LogP contribution in [0.2, 0.25) is 5.02 Å². The summed E-state index contributed by atoms with van der Waals surface area (Å²) in [5.41, 5.74) is 1.45. The van der Waals surface area contributed by atoms with Crippen molar-refractivity contribution in [2.24, 2.45) is 0 Å². The molecule has 1 aliphatic heterocycles. The quantitative estimate of drug-likeness (QED) is 0.503. The molecule has 0 amide bonds. The number of anilines is 1. The monoisotopic (exact) mass is 465 g/mol. The number of phenols is 1. The lowest BCUT2D eigenvalue weighted by Gasteiger charge is -2.27. The topological polar surface area (TPSA) is 48.4 Å². The summed E-state index contributed by atoms with van der Waals surface area (Å²) in [6.45, 7) is 0. The first-order valence-electron chi connectivity index (χ1n) is 7.77. The maximum Gasteiger partial charge on any atom is 0.174 e. The van der Waals surface area contributed by atoms with Crippen LogP contribution in [0.15, 0.2) is 58.5 Å². The van der Waals surface area contributed by atoms with Gasteiger partial charge in [0.15, 0.2) is 5.11 Å². The Morgan fingerprint density at radius 3 is 2.81 bits per heavy atom. The highest BCUT2D eigenvalue weighted by atomic mass is 79.9. The molecule has 4 nitrogen and oxygen atoms in total. The van der Waals surface area contributed by atoms with Gasteiger partial charge in [0, 0.05) is 25.9 Å².